The van der Waals surface area contributed by atoms with E-state index in [0.717, 1.165) is 23.4 Å². The van der Waals surface area contributed by atoms with E-state index in [0.29, 0.717) is 66.7 Å². The smallest absolute Gasteiger partial charge is 0.276 e. The highest BCUT2D eigenvalue weighted by Gasteiger charge is 2.46. The van der Waals surface area contributed by atoms with Gasteiger partial charge in [-0.05, 0) is 85.2 Å². The number of pyridine rings is 3. The van der Waals surface area contributed by atoms with Crippen LogP contribution < -0.4 is 30.7 Å². The van der Waals surface area contributed by atoms with Gasteiger partial charge in [0.25, 0.3) is 29.2 Å². The van der Waals surface area contributed by atoms with Crippen LogP contribution in [-0.4, -0.2) is 114 Å². The second kappa shape index (κ2) is 16.9. The molecule has 19 heteroatoms. The molecule has 68 heavy (non-hydrogen) atoms. The van der Waals surface area contributed by atoms with Gasteiger partial charge in [0.1, 0.15) is 34.8 Å². The van der Waals surface area contributed by atoms with Crippen molar-refractivity contribution >= 4 is 58.5 Å². The SMILES string of the molecule is C[C@H]1CN(C(=O)COc2cccc3c2C(=O)N(C2CCC(=O)NC2=O)C3=O)CCN1c1ccc(Nc2cc(-c3ccnc(N4CCn5c(cc6c5CC(C)(C)C6)C4=O)c3CO)cn(C)c2=O)nc1. The fraction of sp³-hybridized carbons (Fsp3) is 0.367. The number of fused-ring (bicyclic) bond motifs is 4. The number of rotatable bonds is 10. The molecule has 4 aliphatic heterocycles. The average molecular weight is 923 g/mol. The molecule has 2 atom stereocenters. The quantitative estimate of drug-likeness (QED) is 0.172. The highest BCUT2D eigenvalue weighted by atomic mass is 16.5. The number of nitrogens with one attached hydrogen (secondary N) is 2. The van der Waals surface area contributed by atoms with Crippen molar-refractivity contribution in [3.63, 3.8) is 0 Å². The molecule has 1 aliphatic carbocycles. The highest BCUT2D eigenvalue weighted by molar-refractivity contribution is 6.24. The lowest BCUT2D eigenvalue weighted by atomic mass is 9.90. The molecule has 8 heterocycles. The molecule has 2 saturated heterocycles. The number of aromatic nitrogens is 4. The first-order valence-corrected chi connectivity index (χ1v) is 22.7. The first-order chi connectivity index (χ1) is 32.6. The Bertz CT molecular complexity index is 3030. The van der Waals surface area contributed by atoms with Gasteiger partial charge in [0.15, 0.2) is 6.61 Å². The van der Waals surface area contributed by atoms with E-state index in [9.17, 15) is 38.7 Å². The number of aliphatic hydroxyl groups excluding tert-OH is 1. The van der Waals surface area contributed by atoms with Crippen LogP contribution in [-0.2, 0) is 47.4 Å². The Kier molecular flexibility index (Phi) is 11.0. The number of ether oxygens (including phenoxy) is 1. The van der Waals surface area contributed by atoms with Crippen molar-refractivity contribution in [1.29, 1.82) is 0 Å². The van der Waals surface area contributed by atoms with Crippen LogP contribution in [0.5, 0.6) is 5.75 Å². The summed E-state index contributed by atoms with van der Waals surface area (Å²) in [4.78, 5) is 107. The zero-order valence-electron chi connectivity index (χ0n) is 38.1. The predicted octanol–water partition coefficient (Wildman–Crippen LogP) is 3.18. The van der Waals surface area contributed by atoms with Gasteiger partial charge in [-0.3, -0.25) is 48.7 Å². The molecule has 5 aromatic rings. The maximum absolute atomic E-state index is 14.0. The Labute approximate surface area is 390 Å². The highest BCUT2D eigenvalue weighted by Crippen LogP contribution is 2.41. The number of benzene rings is 1. The van der Waals surface area contributed by atoms with Crippen LogP contribution in [0.1, 0.15) is 81.6 Å². The van der Waals surface area contributed by atoms with Gasteiger partial charge < -0.3 is 34.1 Å². The summed E-state index contributed by atoms with van der Waals surface area (Å²) in [5.41, 5.74) is 5.75. The van der Waals surface area contributed by atoms with Gasteiger partial charge >= 0.3 is 0 Å². The van der Waals surface area contributed by atoms with Crippen molar-refractivity contribution in [1.82, 2.24) is 34.2 Å². The third-order valence-corrected chi connectivity index (χ3v) is 13.7. The lowest BCUT2D eigenvalue weighted by molar-refractivity contribution is -0.136. The van der Waals surface area contributed by atoms with E-state index in [1.165, 1.54) is 28.0 Å². The fourth-order valence-corrected chi connectivity index (χ4v) is 10.4. The summed E-state index contributed by atoms with van der Waals surface area (Å²) >= 11 is 0. The van der Waals surface area contributed by atoms with Crippen molar-refractivity contribution in [2.45, 2.75) is 71.7 Å². The molecular weight excluding hydrogens is 873 g/mol. The molecule has 1 aromatic carbocycles. The molecule has 0 saturated carbocycles. The summed E-state index contributed by atoms with van der Waals surface area (Å²) in [5, 5.41) is 16.1. The molecule has 0 bridgehead atoms. The number of nitrogens with zero attached hydrogens (tertiary/aromatic N) is 8. The van der Waals surface area contributed by atoms with Crippen molar-refractivity contribution in [2.75, 3.05) is 47.9 Å². The third kappa shape index (κ3) is 7.65. The number of aliphatic hydroxyl groups is 1. The van der Waals surface area contributed by atoms with Crippen molar-refractivity contribution in [2.24, 2.45) is 12.5 Å². The molecule has 10 rings (SSSR count). The van der Waals surface area contributed by atoms with Gasteiger partial charge in [-0.15, -0.1) is 0 Å². The normalized spacial score (nSPS) is 19.8. The summed E-state index contributed by atoms with van der Waals surface area (Å²) in [6.07, 6.45) is 6.85. The molecule has 1 unspecified atom stereocenters. The molecule has 3 N–H and O–H groups in total. The zero-order chi connectivity index (χ0) is 47.8. The first kappa shape index (κ1) is 44.2. The number of hydrogen-bond acceptors (Lipinski definition) is 13. The summed E-state index contributed by atoms with van der Waals surface area (Å²) in [6, 6.07) is 12.4. The molecule has 2 fully saturated rings. The number of aryl methyl sites for hydroxylation is 1. The molecular formula is C49H50N10O9. The maximum Gasteiger partial charge on any atom is 0.276 e. The number of carbonyl (C=O) groups is 6. The van der Waals surface area contributed by atoms with E-state index < -0.39 is 29.7 Å². The molecule has 350 valence electrons. The Morgan fingerprint density at radius 1 is 0.941 bits per heavy atom. The summed E-state index contributed by atoms with van der Waals surface area (Å²) in [5.74, 6) is -2.20. The van der Waals surface area contributed by atoms with Gasteiger partial charge in [-0.2, -0.15) is 0 Å². The Morgan fingerprint density at radius 2 is 1.76 bits per heavy atom. The van der Waals surface area contributed by atoms with Gasteiger partial charge in [-0.1, -0.05) is 19.9 Å². The Hall–Kier alpha value is -7.67. The minimum atomic E-state index is -1.13. The molecule has 0 radical (unpaired) electrons. The number of piperidine rings is 1. The maximum atomic E-state index is 14.0. The van der Waals surface area contributed by atoms with Gasteiger partial charge in [0.05, 0.1) is 29.6 Å². The lowest BCUT2D eigenvalue weighted by Crippen LogP contribution is -2.54. The molecule has 4 aromatic heterocycles. The van der Waals surface area contributed by atoms with E-state index in [1.54, 1.807) is 59.7 Å². The van der Waals surface area contributed by atoms with Crippen molar-refractivity contribution < 1.29 is 38.6 Å². The van der Waals surface area contributed by atoms with Crippen LogP contribution in [0.2, 0.25) is 0 Å². The molecule has 5 aliphatic rings. The number of piperazine rings is 1. The van der Waals surface area contributed by atoms with Crippen LogP contribution in [0.3, 0.4) is 0 Å². The van der Waals surface area contributed by atoms with Crippen molar-refractivity contribution in [3.8, 4) is 16.9 Å². The second-order valence-electron chi connectivity index (χ2n) is 18.8. The lowest BCUT2D eigenvalue weighted by Gasteiger charge is -2.41. The summed E-state index contributed by atoms with van der Waals surface area (Å²) in [7, 11) is 1.64. The van der Waals surface area contributed by atoms with Crippen LogP contribution >= 0.6 is 0 Å². The van der Waals surface area contributed by atoms with E-state index in [1.807, 2.05) is 19.1 Å². The zero-order valence-corrected chi connectivity index (χ0v) is 38.1. The topological polar surface area (TPSA) is 222 Å². The first-order valence-electron chi connectivity index (χ1n) is 22.7. The fourth-order valence-electron chi connectivity index (χ4n) is 10.4. The molecule has 0 spiro atoms. The average Bonchev–Trinajstić information content (AvgIpc) is 3.91. The third-order valence-electron chi connectivity index (χ3n) is 13.7. The second-order valence-corrected chi connectivity index (χ2v) is 18.8. The molecule has 19 nitrogen and oxygen atoms in total. The number of anilines is 4. The minimum Gasteiger partial charge on any atom is -0.483 e. The largest absolute Gasteiger partial charge is 0.483 e. The Balaban J connectivity index is 0.785. The van der Waals surface area contributed by atoms with Crippen LogP contribution in [0, 0.1) is 5.41 Å². The van der Waals surface area contributed by atoms with Gasteiger partial charge in [0, 0.05) is 81.4 Å². The van der Waals surface area contributed by atoms with Crippen LogP contribution in [0.15, 0.2) is 71.9 Å². The van der Waals surface area contributed by atoms with Gasteiger partial charge in [-0.25, -0.2) is 9.97 Å². The van der Waals surface area contributed by atoms with Gasteiger partial charge in [0.2, 0.25) is 11.8 Å². The standard InChI is InChI=1S/C49H50N10O9/c1-27-23-55(41(62)26-68-38-7-5-6-32-42(38)48(67)59(45(32)64)35-9-11-40(61)53-44(35)63)14-15-56(27)30-8-10-39(51-22-30)52-34-18-29(24-54(4)46(34)65)31-12-13-50-43(33(31)25-60)58-17-16-57-36(47(58)66)19-28-20-49(2,3)21-37(28)57/h5-8,10,12-13,18-19,22,24,27,35,60H,9,11,14-17,20-21,23,25-26H2,1-4H3,(H,51,52)(H,53,61,63)/t27-,35?/m0/s1. The monoisotopic (exact) mass is 922 g/mol. The van der Waals surface area contributed by atoms with Crippen molar-refractivity contribution in [3.05, 3.63) is 111 Å². The van der Waals surface area contributed by atoms with Crippen LogP contribution in [0.4, 0.5) is 23.0 Å². The minimum absolute atomic E-state index is 0.00429. The predicted molar refractivity (Wildman–Crippen MR) is 248 cm³/mol. The van der Waals surface area contributed by atoms with E-state index >= 15 is 0 Å². The number of imide groups is 2. The molecule has 6 amide bonds. The number of carbonyl (C=O) groups excluding carboxylic acids is 6. The van der Waals surface area contributed by atoms with Crippen LogP contribution in [0.25, 0.3) is 11.1 Å². The van der Waals surface area contributed by atoms with E-state index in [4.69, 9.17) is 4.74 Å². The van der Waals surface area contributed by atoms with E-state index in [2.05, 4.69) is 43.9 Å². The number of amides is 6. The Morgan fingerprint density at radius 3 is 2.51 bits per heavy atom. The summed E-state index contributed by atoms with van der Waals surface area (Å²) in [6.45, 7) is 7.94. The number of hydrogen-bond donors (Lipinski definition) is 3. The van der Waals surface area contributed by atoms with E-state index in [-0.39, 0.29) is 77.4 Å². The summed E-state index contributed by atoms with van der Waals surface area (Å²) < 4.78 is 9.45.